The van der Waals surface area contributed by atoms with Gasteiger partial charge in [-0.3, -0.25) is 0 Å². The molecule has 0 aromatic carbocycles. The van der Waals surface area contributed by atoms with Crippen molar-refractivity contribution < 1.29 is 5.11 Å². The van der Waals surface area contributed by atoms with Crippen LogP contribution < -0.4 is 0 Å². The second-order valence-corrected chi connectivity index (χ2v) is 4.03. The third-order valence-electron chi connectivity index (χ3n) is 2.72. The molecule has 0 unspecified atom stereocenters. The molecule has 1 aliphatic heterocycles. The first-order chi connectivity index (χ1) is 5.04. The summed E-state index contributed by atoms with van der Waals surface area (Å²) in [5.41, 5.74) is -0.482. The zero-order valence-electron chi connectivity index (χ0n) is 7.80. The lowest BCUT2D eigenvalue weighted by atomic mass is 9.90. The molecule has 0 spiro atoms. The molecule has 1 atom stereocenters. The van der Waals surface area contributed by atoms with E-state index in [9.17, 15) is 5.11 Å². The van der Waals surface area contributed by atoms with Gasteiger partial charge in [0.1, 0.15) is 0 Å². The Balaban J connectivity index is 2.42. The van der Waals surface area contributed by atoms with Crippen molar-refractivity contribution in [3.63, 3.8) is 0 Å². The summed E-state index contributed by atoms with van der Waals surface area (Å²) >= 11 is 0. The summed E-state index contributed by atoms with van der Waals surface area (Å²) in [4.78, 5) is 2.39. The zero-order chi connectivity index (χ0) is 8.48. The van der Waals surface area contributed by atoms with Gasteiger partial charge in [-0.05, 0) is 33.4 Å². The van der Waals surface area contributed by atoms with Crippen molar-refractivity contribution in [2.45, 2.75) is 32.8 Å². The molecule has 0 aliphatic carbocycles. The van der Waals surface area contributed by atoms with Gasteiger partial charge in [0.15, 0.2) is 0 Å². The second-order valence-electron chi connectivity index (χ2n) is 4.03. The maximum atomic E-state index is 9.70. The van der Waals surface area contributed by atoms with Crippen LogP contribution >= 0.6 is 0 Å². The summed E-state index contributed by atoms with van der Waals surface area (Å²) < 4.78 is 0. The number of hydrogen-bond donors (Lipinski definition) is 1. The minimum atomic E-state index is -0.482. The van der Waals surface area contributed by atoms with E-state index in [4.69, 9.17) is 0 Å². The molecule has 1 rings (SSSR count). The molecule has 1 N–H and O–H groups in total. The molecule has 2 heteroatoms. The monoisotopic (exact) mass is 157 g/mol. The van der Waals surface area contributed by atoms with Crippen LogP contribution in [-0.4, -0.2) is 35.2 Å². The topological polar surface area (TPSA) is 23.5 Å². The van der Waals surface area contributed by atoms with Crippen molar-refractivity contribution >= 4 is 0 Å². The predicted octanol–water partition coefficient (Wildman–Crippen LogP) is 1.10. The Hall–Kier alpha value is -0.0800. The average molecular weight is 157 g/mol. The van der Waals surface area contributed by atoms with Gasteiger partial charge >= 0.3 is 0 Å². The maximum absolute atomic E-state index is 9.70. The van der Waals surface area contributed by atoms with Crippen LogP contribution in [0.3, 0.4) is 0 Å². The highest BCUT2D eigenvalue weighted by Gasteiger charge is 2.32. The fourth-order valence-corrected chi connectivity index (χ4v) is 1.70. The van der Waals surface area contributed by atoms with Crippen LogP contribution in [-0.2, 0) is 0 Å². The summed E-state index contributed by atoms with van der Waals surface area (Å²) in [6, 6.07) is 0. The first kappa shape index (κ1) is 9.01. The van der Waals surface area contributed by atoms with E-state index in [1.54, 1.807) is 0 Å². The van der Waals surface area contributed by atoms with Gasteiger partial charge in [0.25, 0.3) is 0 Å². The summed E-state index contributed by atoms with van der Waals surface area (Å²) in [5, 5.41) is 9.70. The molecule has 0 aromatic heterocycles. The van der Waals surface area contributed by atoms with Gasteiger partial charge in [-0.15, -0.1) is 0 Å². The molecular weight excluding hydrogens is 138 g/mol. The number of rotatable bonds is 2. The number of hydrogen-bond acceptors (Lipinski definition) is 2. The molecule has 1 saturated heterocycles. The van der Waals surface area contributed by atoms with Crippen LogP contribution in [0.2, 0.25) is 0 Å². The number of nitrogens with zero attached hydrogens (tertiary/aromatic N) is 1. The average Bonchev–Trinajstić information content (AvgIpc) is 2.32. The van der Waals surface area contributed by atoms with Gasteiger partial charge in [-0.1, -0.05) is 6.92 Å². The Kier molecular flexibility index (Phi) is 2.55. The molecule has 0 bridgehead atoms. The van der Waals surface area contributed by atoms with Gasteiger partial charge < -0.3 is 10.0 Å². The quantitative estimate of drug-likeness (QED) is 0.649. The lowest BCUT2D eigenvalue weighted by Gasteiger charge is -2.25. The number of aliphatic hydroxyl groups is 1. The molecule has 0 radical (unpaired) electrons. The van der Waals surface area contributed by atoms with Crippen molar-refractivity contribution in [3.05, 3.63) is 0 Å². The first-order valence-electron chi connectivity index (χ1n) is 4.48. The molecule has 66 valence electrons. The highest BCUT2D eigenvalue weighted by atomic mass is 16.3. The van der Waals surface area contributed by atoms with E-state index in [-0.39, 0.29) is 0 Å². The van der Waals surface area contributed by atoms with Crippen LogP contribution in [0.25, 0.3) is 0 Å². The first-order valence-corrected chi connectivity index (χ1v) is 4.48. The van der Waals surface area contributed by atoms with E-state index in [1.165, 1.54) is 0 Å². The molecule has 11 heavy (non-hydrogen) atoms. The van der Waals surface area contributed by atoms with E-state index >= 15 is 0 Å². The largest absolute Gasteiger partial charge is 0.390 e. The molecule has 1 heterocycles. The van der Waals surface area contributed by atoms with E-state index in [0.29, 0.717) is 5.92 Å². The van der Waals surface area contributed by atoms with Crippen LogP contribution in [0.1, 0.15) is 27.2 Å². The Labute approximate surface area is 69.2 Å². The van der Waals surface area contributed by atoms with Gasteiger partial charge in [0.05, 0.1) is 5.60 Å². The zero-order valence-corrected chi connectivity index (χ0v) is 7.80. The van der Waals surface area contributed by atoms with Crippen LogP contribution in [0.15, 0.2) is 0 Å². The lowest BCUT2D eigenvalue weighted by molar-refractivity contribution is 0.0213. The van der Waals surface area contributed by atoms with Crippen molar-refractivity contribution in [2.24, 2.45) is 5.92 Å². The number of likely N-dealkylation sites (tertiary alicyclic amines) is 1. The van der Waals surface area contributed by atoms with Gasteiger partial charge in [0.2, 0.25) is 0 Å². The van der Waals surface area contributed by atoms with Crippen molar-refractivity contribution in [3.8, 4) is 0 Å². The fraction of sp³-hybridized carbons (Fsp3) is 1.00. The van der Waals surface area contributed by atoms with Crippen molar-refractivity contribution in [1.82, 2.24) is 4.90 Å². The smallest absolute Gasteiger partial charge is 0.0632 e. The molecule has 0 amide bonds. The van der Waals surface area contributed by atoms with Crippen molar-refractivity contribution in [1.29, 1.82) is 0 Å². The summed E-state index contributed by atoms with van der Waals surface area (Å²) in [5.74, 6) is 0.474. The third kappa shape index (κ3) is 2.17. The fourth-order valence-electron chi connectivity index (χ4n) is 1.70. The Morgan fingerprint density at radius 3 is 2.45 bits per heavy atom. The van der Waals surface area contributed by atoms with Crippen LogP contribution in [0.4, 0.5) is 0 Å². The van der Waals surface area contributed by atoms with E-state index in [0.717, 1.165) is 26.1 Å². The predicted molar refractivity (Wildman–Crippen MR) is 46.5 cm³/mol. The summed E-state index contributed by atoms with van der Waals surface area (Å²) in [6.45, 7) is 9.35. The van der Waals surface area contributed by atoms with E-state index in [1.807, 2.05) is 13.8 Å². The molecule has 2 nitrogen and oxygen atoms in total. The van der Waals surface area contributed by atoms with Crippen LogP contribution in [0, 0.1) is 5.92 Å². The van der Waals surface area contributed by atoms with Gasteiger partial charge in [0, 0.05) is 12.5 Å². The SMILES string of the molecule is CCN1CC[C@H](C(C)(C)O)C1. The maximum Gasteiger partial charge on any atom is 0.0632 e. The molecule has 0 saturated carbocycles. The summed E-state index contributed by atoms with van der Waals surface area (Å²) in [7, 11) is 0. The Bertz CT molecular complexity index is 128. The van der Waals surface area contributed by atoms with Crippen molar-refractivity contribution in [2.75, 3.05) is 19.6 Å². The molecule has 1 fully saturated rings. The second kappa shape index (κ2) is 3.11. The minimum absolute atomic E-state index is 0.474. The van der Waals surface area contributed by atoms with Crippen LogP contribution in [0.5, 0.6) is 0 Å². The third-order valence-corrected chi connectivity index (χ3v) is 2.72. The Morgan fingerprint density at radius 1 is 1.55 bits per heavy atom. The van der Waals surface area contributed by atoms with E-state index < -0.39 is 5.60 Å². The highest BCUT2D eigenvalue weighted by molar-refractivity contribution is 4.85. The Morgan fingerprint density at radius 2 is 2.18 bits per heavy atom. The lowest BCUT2D eigenvalue weighted by Crippen LogP contribution is -2.33. The molecular formula is C9H19NO. The van der Waals surface area contributed by atoms with Gasteiger partial charge in [-0.25, -0.2) is 0 Å². The van der Waals surface area contributed by atoms with Gasteiger partial charge in [-0.2, -0.15) is 0 Å². The highest BCUT2D eigenvalue weighted by Crippen LogP contribution is 2.26. The minimum Gasteiger partial charge on any atom is -0.390 e. The normalized spacial score (nSPS) is 27.8. The summed E-state index contributed by atoms with van der Waals surface area (Å²) in [6.07, 6.45) is 1.15. The standard InChI is InChI=1S/C9H19NO/c1-4-10-6-5-8(7-10)9(2,3)11/h8,11H,4-7H2,1-3H3/t8-/m0/s1. The molecule has 0 aromatic rings. The molecule has 1 aliphatic rings. The van der Waals surface area contributed by atoms with E-state index in [2.05, 4.69) is 11.8 Å².